The lowest BCUT2D eigenvalue weighted by molar-refractivity contribution is -0.129. The lowest BCUT2D eigenvalue weighted by Gasteiger charge is -2.27. The van der Waals surface area contributed by atoms with E-state index in [1.54, 1.807) is 30.3 Å². The molecule has 5 nitrogen and oxygen atoms in total. The van der Waals surface area contributed by atoms with Crippen LogP contribution >= 0.6 is 0 Å². The molecule has 1 amide bonds. The Kier molecular flexibility index (Phi) is 4.00. The fourth-order valence-corrected chi connectivity index (χ4v) is 2.72. The SMILES string of the molecule is CC(=O)N(Cc1ccccc1)C1=C(O)c2ccccc2C(=O)C1=O. The number of carbonyl (C=O) groups excluding carboxylic acids is 3. The van der Waals surface area contributed by atoms with Crippen LogP contribution in [0, 0.1) is 0 Å². The first kappa shape index (κ1) is 15.7. The monoisotopic (exact) mass is 321 g/mol. The molecule has 0 atom stereocenters. The lowest BCUT2D eigenvalue weighted by atomic mass is 9.91. The van der Waals surface area contributed by atoms with Gasteiger partial charge in [-0.1, -0.05) is 54.6 Å². The van der Waals surface area contributed by atoms with Crippen molar-refractivity contribution in [2.75, 3.05) is 0 Å². The van der Waals surface area contributed by atoms with Crippen molar-refractivity contribution in [1.82, 2.24) is 4.90 Å². The zero-order chi connectivity index (χ0) is 17.3. The van der Waals surface area contributed by atoms with Crippen molar-refractivity contribution in [2.24, 2.45) is 0 Å². The van der Waals surface area contributed by atoms with Crippen LogP contribution in [0.2, 0.25) is 0 Å². The minimum atomic E-state index is -0.877. The van der Waals surface area contributed by atoms with Crippen LogP contribution in [0.25, 0.3) is 5.76 Å². The highest BCUT2D eigenvalue weighted by Crippen LogP contribution is 2.30. The Labute approximate surface area is 138 Å². The molecular weight excluding hydrogens is 306 g/mol. The van der Waals surface area contributed by atoms with Crippen LogP contribution in [0.3, 0.4) is 0 Å². The third kappa shape index (κ3) is 2.60. The Morgan fingerprint density at radius 3 is 2.12 bits per heavy atom. The van der Waals surface area contributed by atoms with Gasteiger partial charge in [-0.3, -0.25) is 14.4 Å². The number of rotatable bonds is 3. The van der Waals surface area contributed by atoms with E-state index < -0.39 is 17.5 Å². The van der Waals surface area contributed by atoms with Gasteiger partial charge < -0.3 is 10.0 Å². The topological polar surface area (TPSA) is 74.7 Å². The quantitative estimate of drug-likeness (QED) is 0.882. The van der Waals surface area contributed by atoms with E-state index in [1.165, 1.54) is 13.0 Å². The molecule has 120 valence electrons. The number of aliphatic hydroxyl groups is 1. The number of nitrogens with zero attached hydrogens (tertiary/aromatic N) is 1. The van der Waals surface area contributed by atoms with Crippen molar-refractivity contribution < 1.29 is 19.5 Å². The van der Waals surface area contributed by atoms with Crippen molar-refractivity contribution in [1.29, 1.82) is 0 Å². The van der Waals surface area contributed by atoms with Gasteiger partial charge in [0.1, 0.15) is 5.70 Å². The number of Topliss-reactive ketones (excluding diaryl/α,β-unsaturated/α-hetero) is 2. The number of hydrogen-bond acceptors (Lipinski definition) is 4. The molecule has 1 N–H and O–H groups in total. The van der Waals surface area contributed by atoms with E-state index in [9.17, 15) is 19.5 Å². The van der Waals surface area contributed by atoms with Gasteiger partial charge in [-0.15, -0.1) is 0 Å². The van der Waals surface area contributed by atoms with E-state index in [2.05, 4.69) is 0 Å². The van der Waals surface area contributed by atoms with Gasteiger partial charge in [0, 0.05) is 18.1 Å². The fourth-order valence-electron chi connectivity index (χ4n) is 2.72. The average Bonchev–Trinajstić information content (AvgIpc) is 2.60. The molecule has 0 heterocycles. The van der Waals surface area contributed by atoms with E-state index in [1.807, 2.05) is 18.2 Å². The lowest BCUT2D eigenvalue weighted by Crippen LogP contribution is -2.37. The smallest absolute Gasteiger partial charge is 0.253 e. The van der Waals surface area contributed by atoms with Crippen LogP contribution in [0.5, 0.6) is 0 Å². The second kappa shape index (κ2) is 6.12. The number of benzene rings is 2. The normalized spacial score (nSPS) is 13.7. The molecule has 5 heteroatoms. The summed E-state index contributed by atoms with van der Waals surface area (Å²) in [6, 6.07) is 15.4. The number of fused-ring (bicyclic) bond motifs is 1. The number of allylic oxidation sites excluding steroid dienone is 1. The molecule has 1 aliphatic carbocycles. The summed E-state index contributed by atoms with van der Waals surface area (Å²) in [7, 11) is 0. The van der Waals surface area contributed by atoms with E-state index in [0.29, 0.717) is 0 Å². The molecule has 0 aliphatic heterocycles. The van der Waals surface area contributed by atoms with Gasteiger partial charge >= 0.3 is 0 Å². The van der Waals surface area contributed by atoms with Gasteiger partial charge in [0.2, 0.25) is 11.7 Å². The molecule has 0 radical (unpaired) electrons. The third-order valence-corrected chi connectivity index (χ3v) is 3.91. The van der Waals surface area contributed by atoms with E-state index in [0.717, 1.165) is 10.5 Å². The fraction of sp³-hybridized carbons (Fsp3) is 0.105. The van der Waals surface area contributed by atoms with E-state index >= 15 is 0 Å². The third-order valence-electron chi connectivity index (χ3n) is 3.91. The number of amides is 1. The van der Waals surface area contributed by atoms with Gasteiger partial charge in [-0.25, -0.2) is 0 Å². The summed E-state index contributed by atoms with van der Waals surface area (Å²) in [5.41, 5.74) is 0.922. The maximum atomic E-state index is 12.5. The molecule has 0 saturated carbocycles. The Hall–Kier alpha value is -3.21. The Balaban J connectivity index is 2.12. The second-order valence-electron chi connectivity index (χ2n) is 5.49. The predicted octanol–water partition coefficient (Wildman–Crippen LogP) is 2.73. The van der Waals surface area contributed by atoms with Gasteiger partial charge in [-0.2, -0.15) is 0 Å². The van der Waals surface area contributed by atoms with Crippen molar-refractivity contribution >= 4 is 23.2 Å². The average molecular weight is 321 g/mol. The summed E-state index contributed by atoms with van der Waals surface area (Å²) in [5, 5.41) is 10.5. The molecule has 0 bridgehead atoms. The van der Waals surface area contributed by atoms with Crippen LogP contribution in [-0.2, 0) is 16.1 Å². The number of ketones is 2. The second-order valence-corrected chi connectivity index (χ2v) is 5.49. The number of hydrogen-bond donors (Lipinski definition) is 1. The molecule has 0 saturated heterocycles. The van der Waals surface area contributed by atoms with Crippen molar-refractivity contribution in [3.63, 3.8) is 0 Å². The predicted molar refractivity (Wildman–Crippen MR) is 88.0 cm³/mol. The summed E-state index contributed by atoms with van der Waals surface area (Å²) in [5.74, 6) is -2.38. The molecule has 2 aromatic carbocycles. The van der Waals surface area contributed by atoms with Crippen LogP contribution in [0.1, 0.15) is 28.4 Å². The zero-order valence-corrected chi connectivity index (χ0v) is 13.0. The highest BCUT2D eigenvalue weighted by molar-refractivity contribution is 6.52. The van der Waals surface area contributed by atoms with Crippen LogP contribution < -0.4 is 0 Å². The standard InChI is InChI=1S/C19H15NO4/c1-12(21)20(11-13-7-3-2-4-8-13)16-17(22)14-9-5-6-10-15(14)18(23)19(16)24/h2-10,22H,11H2,1H3. The summed E-state index contributed by atoms with van der Waals surface area (Å²) in [6.07, 6.45) is 0. The number of aliphatic hydroxyl groups excluding tert-OH is 1. The van der Waals surface area contributed by atoms with Crippen LogP contribution in [0.15, 0.2) is 60.3 Å². The van der Waals surface area contributed by atoms with Gasteiger partial charge in [-0.05, 0) is 5.56 Å². The van der Waals surface area contributed by atoms with Crippen LogP contribution in [0.4, 0.5) is 0 Å². The van der Waals surface area contributed by atoms with Gasteiger partial charge in [0.05, 0.1) is 6.54 Å². The highest BCUT2D eigenvalue weighted by atomic mass is 16.3. The molecule has 0 fully saturated rings. The molecule has 0 spiro atoms. The molecule has 0 unspecified atom stereocenters. The first-order valence-electron chi connectivity index (χ1n) is 7.44. The summed E-state index contributed by atoms with van der Waals surface area (Å²) in [4.78, 5) is 38.0. The summed E-state index contributed by atoms with van der Waals surface area (Å²) >= 11 is 0. The van der Waals surface area contributed by atoms with Gasteiger partial charge in [0.15, 0.2) is 5.76 Å². The van der Waals surface area contributed by atoms with Crippen molar-refractivity contribution in [2.45, 2.75) is 13.5 Å². The molecule has 0 aromatic heterocycles. The van der Waals surface area contributed by atoms with Crippen LogP contribution in [-0.4, -0.2) is 27.5 Å². The summed E-state index contributed by atoms with van der Waals surface area (Å²) < 4.78 is 0. The van der Waals surface area contributed by atoms with Gasteiger partial charge in [0.25, 0.3) is 5.78 Å². The number of carbonyl (C=O) groups is 3. The highest BCUT2D eigenvalue weighted by Gasteiger charge is 2.37. The Morgan fingerprint density at radius 2 is 1.50 bits per heavy atom. The van der Waals surface area contributed by atoms with Crippen molar-refractivity contribution in [3.8, 4) is 0 Å². The molecule has 3 rings (SSSR count). The Bertz CT molecular complexity index is 868. The molecule has 2 aromatic rings. The maximum absolute atomic E-state index is 12.5. The molecule has 1 aliphatic rings. The minimum absolute atomic E-state index is 0.0940. The van der Waals surface area contributed by atoms with Crippen molar-refractivity contribution in [3.05, 3.63) is 77.0 Å². The molecular formula is C19H15NO4. The largest absolute Gasteiger partial charge is 0.505 e. The molecule has 24 heavy (non-hydrogen) atoms. The first-order valence-corrected chi connectivity index (χ1v) is 7.44. The van der Waals surface area contributed by atoms with E-state index in [-0.39, 0.29) is 29.1 Å². The summed E-state index contributed by atoms with van der Waals surface area (Å²) in [6.45, 7) is 1.39. The van der Waals surface area contributed by atoms with E-state index in [4.69, 9.17) is 0 Å². The first-order chi connectivity index (χ1) is 11.5. The Morgan fingerprint density at radius 1 is 0.917 bits per heavy atom. The zero-order valence-electron chi connectivity index (χ0n) is 13.0. The minimum Gasteiger partial charge on any atom is -0.505 e. The maximum Gasteiger partial charge on any atom is 0.253 e.